The average Bonchev–Trinajstić information content (AvgIpc) is 2.73. The summed E-state index contributed by atoms with van der Waals surface area (Å²) in [5.74, 6) is 1.14. The van der Waals surface area contributed by atoms with Crippen molar-refractivity contribution in [1.82, 2.24) is 15.6 Å². The van der Waals surface area contributed by atoms with Gasteiger partial charge in [0.1, 0.15) is 12.4 Å². The van der Waals surface area contributed by atoms with Crippen LogP contribution in [0.4, 0.5) is 13.2 Å². The van der Waals surface area contributed by atoms with E-state index in [0.29, 0.717) is 31.3 Å². The number of pyridine rings is 1. The molecule has 11 heteroatoms. The van der Waals surface area contributed by atoms with Gasteiger partial charge in [-0.15, -0.1) is 24.0 Å². The summed E-state index contributed by atoms with van der Waals surface area (Å²) in [5, 5.41) is 6.22. The molecular weight excluding hydrogens is 540 g/mol. The fraction of sp³-hybridized carbons (Fsp3) is 0.429. The number of aromatic nitrogens is 1. The minimum Gasteiger partial charge on any atom is -0.491 e. The highest BCUT2D eigenvalue weighted by atomic mass is 127. The number of alkyl halides is 3. The molecule has 0 spiro atoms. The van der Waals surface area contributed by atoms with Gasteiger partial charge in [-0.1, -0.05) is 18.2 Å². The maximum absolute atomic E-state index is 12.4. The summed E-state index contributed by atoms with van der Waals surface area (Å²) in [4.78, 5) is 8.03. The molecule has 1 heterocycles. The Hall–Kier alpha value is -2.28. The molecule has 0 aliphatic heterocycles. The van der Waals surface area contributed by atoms with Crippen LogP contribution in [0.25, 0.3) is 0 Å². The highest BCUT2D eigenvalue weighted by Crippen LogP contribution is 2.21. The van der Waals surface area contributed by atoms with Gasteiger partial charge in [0.2, 0.25) is 5.88 Å². The second-order valence-corrected chi connectivity index (χ2v) is 6.60. The van der Waals surface area contributed by atoms with Gasteiger partial charge < -0.3 is 24.8 Å². The molecule has 0 bridgehead atoms. The number of nitrogens with one attached hydrogen (secondary N) is 2. The molecule has 0 atom stereocenters. The van der Waals surface area contributed by atoms with E-state index in [0.717, 1.165) is 16.9 Å². The molecule has 0 radical (unpaired) electrons. The highest BCUT2D eigenvalue weighted by molar-refractivity contribution is 14.0. The number of benzene rings is 1. The number of guanidine groups is 1. The lowest BCUT2D eigenvalue weighted by Crippen LogP contribution is -2.36. The molecule has 0 amide bonds. The molecule has 1 aromatic carbocycles. The van der Waals surface area contributed by atoms with Crippen molar-refractivity contribution in [3.63, 3.8) is 0 Å². The topological polar surface area (TPSA) is 77.0 Å². The van der Waals surface area contributed by atoms with Crippen LogP contribution in [0.2, 0.25) is 0 Å². The van der Waals surface area contributed by atoms with E-state index in [2.05, 4.69) is 20.6 Å². The monoisotopic (exact) mass is 568 g/mol. The minimum atomic E-state index is -4.43. The summed E-state index contributed by atoms with van der Waals surface area (Å²) in [7, 11) is 3.21. The first-order chi connectivity index (χ1) is 14.8. The lowest BCUT2D eigenvalue weighted by molar-refractivity contribution is -0.154. The summed E-state index contributed by atoms with van der Waals surface area (Å²) in [6.45, 7) is 2.12. The number of nitrogens with zero attached hydrogens (tertiary/aromatic N) is 2. The normalized spacial score (nSPS) is 11.5. The van der Waals surface area contributed by atoms with E-state index in [-0.39, 0.29) is 36.4 Å². The zero-order valence-electron chi connectivity index (χ0n) is 18.2. The molecule has 0 saturated carbocycles. The SMILES string of the molecule is CN=C(NCc1ccc(C)cc1OCCOC)NCc1cccnc1OCC(F)(F)F.I. The number of aliphatic imine (C=N–C) groups is 1. The molecule has 178 valence electrons. The third kappa shape index (κ3) is 9.90. The van der Waals surface area contributed by atoms with E-state index < -0.39 is 12.8 Å². The lowest BCUT2D eigenvalue weighted by Gasteiger charge is -2.16. The number of halogens is 4. The van der Waals surface area contributed by atoms with Gasteiger partial charge in [0.05, 0.1) is 6.61 Å². The van der Waals surface area contributed by atoms with Crippen molar-refractivity contribution in [1.29, 1.82) is 0 Å². The van der Waals surface area contributed by atoms with Crippen LogP contribution in [0.15, 0.2) is 41.5 Å². The Kier molecular flexibility index (Phi) is 12.1. The Morgan fingerprint density at radius 2 is 1.78 bits per heavy atom. The van der Waals surface area contributed by atoms with Crippen LogP contribution in [0.5, 0.6) is 11.6 Å². The Labute approximate surface area is 202 Å². The molecular formula is C21H28F3IN4O3. The third-order valence-corrected chi connectivity index (χ3v) is 4.11. The van der Waals surface area contributed by atoms with Gasteiger partial charge in [-0.3, -0.25) is 4.99 Å². The number of methoxy groups -OCH3 is 1. The first-order valence-electron chi connectivity index (χ1n) is 9.61. The summed E-state index contributed by atoms with van der Waals surface area (Å²) in [5.41, 5.74) is 2.48. The zero-order valence-corrected chi connectivity index (χ0v) is 20.5. The van der Waals surface area contributed by atoms with Crippen molar-refractivity contribution in [3.05, 3.63) is 53.2 Å². The van der Waals surface area contributed by atoms with E-state index in [1.165, 1.54) is 6.20 Å². The summed E-state index contributed by atoms with van der Waals surface area (Å²) in [6.07, 6.45) is -3.05. The minimum absolute atomic E-state index is 0. The summed E-state index contributed by atoms with van der Waals surface area (Å²) in [6, 6.07) is 9.16. The molecule has 0 unspecified atom stereocenters. The molecule has 0 aliphatic rings. The Bertz CT molecular complexity index is 866. The Balaban J connectivity index is 0.00000512. The number of aryl methyl sites for hydroxylation is 1. The van der Waals surface area contributed by atoms with E-state index in [1.54, 1.807) is 26.3 Å². The summed E-state index contributed by atoms with van der Waals surface area (Å²) < 4.78 is 52.9. The van der Waals surface area contributed by atoms with Crippen LogP contribution < -0.4 is 20.1 Å². The molecule has 2 rings (SSSR count). The Morgan fingerprint density at radius 3 is 2.44 bits per heavy atom. The van der Waals surface area contributed by atoms with E-state index in [4.69, 9.17) is 14.2 Å². The van der Waals surface area contributed by atoms with Crippen LogP contribution >= 0.6 is 24.0 Å². The van der Waals surface area contributed by atoms with Gasteiger partial charge in [-0.05, 0) is 24.6 Å². The molecule has 0 fully saturated rings. The standard InChI is InChI=1S/C21H27F3N4O3.HI/c1-15-6-7-16(18(11-15)30-10-9-29-3)12-27-20(25-2)28-13-17-5-4-8-26-19(17)31-14-21(22,23)24;/h4-8,11H,9-10,12-14H2,1-3H3,(H2,25,27,28);1H. The van der Waals surface area contributed by atoms with Crippen molar-refractivity contribution in [3.8, 4) is 11.6 Å². The van der Waals surface area contributed by atoms with Gasteiger partial charge in [-0.2, -0.15) is 13.2 Å². The van der Waals surface area contributed by atoms with Crippen LogP contribution in [0.1, 0.15) is 16.7 Å². The molecule has 32 heavy (non-hydrogen) atoms. The maximum atomic E-state index is 12.4. The van der Waals surface area contributed by atoms with Crippen LogP contribution in [0, 0.1) is 6.92 Å². The van der Waals surface area contributed by atoms with Crippen molar-refractivity contribution >= 4 is 29.9 Å². The van der Waals surface area contributed by atoms with Crippen LogP contribution in [-0.4, -0.2) is 51.1 Å². The largest absolute Gasteiger partial charge is 0.491 e. The molecule has 0 saturated heterocycles. The van der Waals surface area contributed by atoms with Crippen molar-refractivity contribution < 1.29 is 27.4 Å². The van der Waals surface area contributed by atoms with Crippen molar-refractivity contribution in [2.45, 2.75) is 26.2 Å². The number of hydrogen-bond donors (Lipinski definition) is 2. The molecule has 0 aliphatic carbocycles. The van der Waals surface area contributed by atoms with Crippen LogP contribution in [-0.2, 0) is 17.8 Å². The Morgan fingerprint density at radius 1 is 1.06 bits per heavy atom. The molecule has 2 N–H and O–H groups in total. The zero-order chi connectivity index (χ0) is 22.7. The van der Waals surface area contributed by atoms with E-state index in [9.17, 15) is 13.2 Å². The third-order valence-electron chi connectivity index (χ3n) is 4.11. The first kappa shape index (κ1) is 27.8. The molecule has 2 aromatic rings. The predicted octanol–water partition coefficient (Wildman–Crippen LogP) is 3.84. The molecule has 7 nitrogen and oxygen atoms in total. The summed E-state index contributed by atoms with van der Waals surface area (Å²) >= 11 is 0. The van der Waals surface area contributed by atoms with Gasteiger partial charge in [0.25, 0.3) is 0 Å². The fourth-order valence-corrected chi connectivity index (χ4v) is 2.59. The van der Waals surface area contributed by atoms with Gasteiger partial charge in [0.15, 0.2) is 12.6 Å². The van der Waals surface area contributed by atoms with Gasteiger partial charge in [0, 0.05) is 44.6 Å². The second-order valence-electron chi connectivity index (χ2n) is 6.60. The predicted molar refractivity (Wildman–Crippen MR) is 127 cm³/mol. The smallest absolute Gasteiger partial charge is 0.422 e. The van der Waals surface area contributed by atoms with Gasteiger partial charge >= 0.3 is 6.18 Å². The van der Waals surface area contributed by atoms with Crippen LogP contribution in [0.3, 0.4) is 0 Å². The lowest BCUT2D eigenvalue weighted by atomic mass is 10.1. The maximum Gasteiger partial charge on any atom is 0.422 e. The molecule has 1 aromatic heterocycles. The second kappa shape index (κ2) is 14.0. The van der Waals surface area contributed by atoms with Gasteiger partial charge in [-0.25, -0.2) is 4.98 Å². The highest BCUT2D eigenvalue weighted by Gasteiger charge is 2.29. The number of hydrogen-bond acceptors (Lipinski definition) is 5. The quantitative estimate of drug-likeness (QED) is 0.197. The number of ether oxygens (including phenoxy) is 3. The number of rotatable bonds is 10. The average molecular weight is 568 g/mol. The first-order valence-corrected chi connectivity index (χ1v) is 9.61. The fourth-order valence-electron chi connectivity index (χ4n) is 2.59. The van der Waals surface area contributed by atoms with Crippen molar-refractivity contribution in [2.24, 2.45) is 4.99 Å². The van der Waals surface area contributed by atoms with E-state index in [1.807, 2.05) is 25.1 Å². The van der Waals surface area contributed by atoms with E-state index >= 15 is 0 Å². The van der Waals surface area contributed by atoms with Crippen molar-refractivity contribution in [2.75, 3.05) is 34.0 Å².